The second-order valence-corrected chi connectivity index (χ2v) is 7.05. The van der Waals surface area contributed by atoms with Crippen molar-refractivity contribution in [2.45, 2.75) is 13.3 Å². The van der Waals surface area contributed by atoms with E-state index < -0.39 is 0 Å². The molecule has 0 radical (unpaired) electrons. The fourth-order valence-corrected chi connectivity index (χ4v) is 3.63. The molecule has 0 spiro atoms. The monoisotopic (exact) mass is 400 g/mol. The number of carbonyl (C=O) groups excluding carboxylic acids is 1. The van der Waals surface area contributed by atoms with Gasteiger partial charge < -0.3 is 14.6 Å². The fourth-order valence-electron chi connectivity index (χ4n) is 3.63. The van der Waals surface area contributed by atoms with Crippen LogP contribution in [0.1, 0.15) is 22.5 Å². The summed E-state index contributed by atoms with van der Waals surface area (Å²) in [5.41, 5.74) is 2.09. The third kappa shape index (κ3) is 3.98. The molecule has 1 N–H and O–H groups in total. The lowest BCUT2D eigenvalue weighted by Gasteiger charge is -2.16. The molecule has 0 saturated carbocycles. The zero-order chi connectivity index (χ0) is 18.8. The first-order valence-corrected chi connectivity index (χ1v) is 9.31. The first kappa shape index (κ1) is 20.2. The molecule has 1 fully saturated rings. The maximum Gasteiger partial charge on any atom is 0.257 e. The molecular weight excluding hydrogens is 376 g/mol. The number of halogens is 1. The minimum Gasteiger partial charge on any atom is -0.460 e. The molecule has 6 nitrogen and oxygen atoms in total. The SMILES string of the molecule is CNCC1CCN(C(=O)c2cn(-c3ccccc3)nc2-c2ccc(C)o2)C1.Cl. The topological polar surface area (TPSA) is 63.3 Å². The number of amides is 1. The van der Waals surface area contributed by atoms with Gasteiger partial charge in [-0.3, -0.25) is 4.79 Å². The van der Waals surface area contributed by atoms with Gasteiger partial charge in [-0.2, -0.15) is 5.10 Å². The summed E-state index contributed by atoms with van der Waals surface area (Å²) >= 11 is 0. The largest absolute Gasteiger partial charge is 0.460 e. The molecule has 0 aliphatic carbocycles. The van der Waals surface area contributed by atoms with Gasteiger partial charge in [0.2, 0.25) is 0 Å². The van der Waals surface area contributed by atoms with Gasteiger partial charge in [0.1, 0.15) is 11.5 Å². The van der Waals surface area contributed by atoms with Crippen molar-refractivity contribution in [1.82, 2.24) is 20.0 Å². The predicted molar refractivity (Wildman–Crippen MR) is 111 cm³/mol. The van der Waals surface area contributed by atoms with Crippen LogP contribution in [0.4, 0.5) is 0 Å². The molecule has 1 unspecified atom stereocenters. The van der Waals surface area contributed by atoms with Crippen LogP contribution in [0.5, 0.6) is 0 Å². The third-order valence-electron chi connectivity index (χ3n) is 5.00. The number of benzene rings is 1. The van der Waals surface area contributed by atoms with Crippen LogP contribution in [0.2, 0.25) is 0 Å². The molecule has 4 rings (SSSR count). The highest BCUT2D eigenvalue weighted by Gasteiger charge is 2.30. The van der Waals surface area contributed by atoms with Crippen molar-refractivity contribution in [3.63, 3.8) is 0 Å². The van der Waals surface area contributed by atoms with Crippen molar-refractivity contribution >= 4 is 18.3 Å². The Kier molecular flexibility index (Phi) is 6.21. The lowest BCUT2D eigenvalue weighted by Crippen LogP contribution is -2.30. The molecular formula is C21H25ClN4O2. The Morgan fingerprint density at radius 1 is 1.25 bits per heavy atom. The van der Waals surface area contributed by atoms with Crippen LogP contribution >= 0.6 is 12.4 Å². The Bertz CT molecular complexity index is 935. The number of hydrogen-bond acceptors (Lipinski definition) is 4. The smallest absolute Gasteiger partial charge is 0.257 e. The van der Waals surface area contributed by atoms with Crippen molar-refractivity contribution < 1.29 is 9.21 Å². The summed E-state index contributed by atoms with van der Waals surface area (Å²) in [7, 11) is 1.95. The Morgan fingerprint density at radius 2 is 2.04 bits per heavy atom. The summed E-state index contributed by atoms with van der Waals surface area (Å²) in [6, 6.07) is 13.6. The highest BCUT2D eigenvalue weighted by Crippen LogP contribution is 2.28. The molecule has 7 heteroatoms. The number of carbonyl (C=O) groups is 1. The Hall–Kier alpha value is -2.57. The van der Waals surface area contributed by atoms with E-state index in [2.05, 4.69) is 10.4 Å². The number of para-hydroxylation sites is 1. The summed E-state index contributed by atoms with van der Waals surface area (Å²) in [6.45, 7) is 4.37. The lowest BCUT2D eigenvalue weighted by atomic mass is 10.1. The number of rotatable bonds is 5. The summed E-state index contributed by atoms with van der Waals surface area (Å²) in [5, 5.41) is 7.88. The molecule has 1 aromatic carbocycles. The average molecular weight is 401 g/mol. The summed E-state index contributed by atoms with van der Waals surface area (Å²) in [6.07, 6.45) is 2.84. The van der Waals surface area contributed by atoms with E-state index in [1.54, 1.807) is 4.68 Å². The molecule has 1 aliphatic heterocycles. The van der Waals surface area contributed by atoms with Gasteiger partial charge in [-0.1, -0.05) is 18.2 Å². The number of aromatic nitrogens is 2. The van der Waals surface area contributed by atoms with Crippen molar-refractivity contribution in [3.05, 3.63) is 60.0 Å². The molecule has 1 atom stereocenters. The van der Waals surface area contributed by atoms with Gasteiger partial charge in [0.15, 0.2) is 5.76 Å². The second kappa shape index (κ2) is 8.63. The zero-order valence-electron chi connectivity index (χ0n) is 16.1. The van der Waals surface area contributed by atoms with Gasteiger partial charge in [-0.15, -0.1) is 12.4 Å². The minimum absolute atomic E-state index is 0. The number of aryl methyl sites for hydroxylation is 1. The number of likely N-dealkylation sites (tertiary alicyclic amines) is 1. The van der Waals surface area contributed by atoms with E-state index in [1.165, 1.54) is 0 Å². The summed E-state index contributed by atoms with van der Waals surface area (Å²) in [5.74, 6) is 1.93. The highest BCUT2D eigenvalue weighted by molar-refractivity contribution is 5.99. The Labute approximate surface area is 170 Å². The average Bonchev–Trinajstić information content (AvgIpc) is 3.41. The van der Waals surface area contributed by atoms with Crippen molar-refractivity contribution in [2.75, 3.05) is 26.7 Å². The van der Waals surface area contributed by atoms with E-state index in [0.29, 0.717) is 22.9 Å². The van der Waals surface area contributed by atoms with Crippen molar-refractivity contribution in [1.29, 1.82) is 0 Å². The summed E-state index contributed by atoms with van der Waals surface area (Å²) in [4.78, 5) is 15.2. The maximum atomic E-state index is 13.3. The number of hydrogen-bond donors (Lipinski definition) is 1. The lowest BCUT2D eigenvalue weighted by molar-refractivity contribution is 0.0787. The van der Waals surface area contributed by atoms with Crippen LogP contribution in [-0.2, 0) is 0 Å². The number of nitrogens with one attached hydrogen (secondary N) is 1. The molecule has 2 aromatic heterocycles. The predicted octanol–water partition coefficient (Wildman–Crippen LogP) is 3.54. The standard InChI is InChI=1S/C21H24N4O2.ClH/c1-15-8-9-19(27-15)20-18(14-25(23-20)17-6-4-3-5-7-17)21(26)24-11-10-16(13-24)12-22-2;/h3-9,14,16,22H,10-13H2,1-2H3;1H. The van der Waals surface area contributed by atoms with Crippen LogP contribution in [0.15, 0.2) is 53.1 Å². The van der Waals surface area contributed by atoms with Crippen LogP contribution in [0, 0.1) is 12.8 Å². The van der Waals surface area contributed by atoms with Gasteiger partial charge in [0, 0.05) is 19.3 Å². The maximum absolute atomic E-state index is 13.3. The highest BCUT2D eigenvalue weighted by atomic mass is 35.5. The van der Waals surface area contributed by atoms with E-state index >= 15 is 0 Å². The number of nitrogens with zero attached hydrogens (tertiary/aromatic N) is 3. The minimum atomic E-state index is 0. The Balaban J connectivity index is 0.00000225. The zero-order valence-corrected chi connectivity index (χ0v) is 16.9. The van der Waals surface area contributed by atoms with E-state index in [9.17, 15) is 4.79 Å². The first-order chi connectivity index (χ1) is 13.2. The summed E-state index contributed by atoms with van der Waals surface area (Å²) < 4.78 is 7.53. The first-order valence-electron chi connectivity index (χ1n) is 9.31. The van der Waals surface area contributed by atoms with E-state index in [1.807, 2.05) is 67.5 Å². The Morgan fingerprint density at radius 3 is 2.71 bits per heavy atom. The molecule has 148 valence electrons. The quantitative estimate of drug-likeness (QED) is 0.711. The number of furan rings is 1. The fraction of sp³-hybridized carbons (Fsp3) is 0.333. The van der Waals surface area contributed by atoms with Crippen LogP contribution in [-0.4, -0.2) is 47.3 Å². The van der Waals surface area contributed by atoms with Gasteiger partial charge in [-0.05, 0) is 57.1 Å². The molecule has 1 aliphatic rings. The van der Waals surface area contributed by atoms with Gasteiger partial charge >= 0.3 is 0 Å². The molecule has 1 amide bonds. The molecule has 0 bridgehead atoms. The van der Waals surface area contributed by atoms with E-state index in [4.69, 9.17) is 4.42 Å². The van der Waals surface area contributed by atoms with E-state index in [-0.39, 0.29) is 18.3 Å². The van der Waals surface area contributed by atoms with E-state index in [0.717, 1.165) is 37.5 Å². The normalized spacial score (nSPS) is 16.2. The van der Waals surface area contributed by atoms with Gasteiger partial charge in [-0.25, -0.2) is 4.68 Å². The van der Waals surface area contributed by atoms with Gasteiger partial charge in [0.25, 0.3) is 5.91 Å². The molecule has 1 saturated heterocycles. The van der Waals surface area contributed by atoms with Crippen molar-refractivity contribution in [2.24, 2.45) is 5.92 Å². The third-order valence-corrected chi connectivity index (χ3v) is 5.00. The van der Waals surface area contributed by atoms with Gasteiger partial charge in [0.05, 0.1) is 11.3 Å². The molecule has 3 aromatic rings. The van der Waals surface area contributed by atoms with Crippen LogP contribution < -0.4 is 5.32 Å². The molecule has 3 heterocycles. The van der Waals surface area contributed by atoms with Crippen molar-refractivity contribution in [3.8, 4) is 17.1 Å². The second-order valence-electron chi connectivity index (χ2n) is 7.05. The molecule has 28 heavy (non-hydrogen) atoms. The van der Waals surface area contributed by atoms with Crippen LogP contribution in [0.3, 0.4) is 0 Å². The van der Waals surface area contributed by atoms with Crippen LogP contribution in [0.25, 0.3) is 17.1 Å².